The first-order valence-electron chi connectivity index (χ1n) is 5.69. The third kappa shape index (κ3) is 3.82. The third-order valence-electron chi connectivity index (χ3n) is 2.41. The predicted molar refractivity (Wildman–Crippen MR) is 70.7 cm³/mol. The molecule has 0 aliphatic heterocycles. The van der Waals surface area contributed by atoms with Gasteiger partial charge in [0.15, 0.2) is 0 Å². The predicted octanol–water partition coefficient (Wildman–Crippen LogP) is 2.84. The molecule has 5 heteroatoms. The first kappa shape index (κ1) is 14.2. The van der Waals surface area contributed by atoms with E-state index >= 15 is 0 Å². The molecule has 17 heavy (non-hydrogen) atoms. The number of rotatable bonds is 5. The number of methoxy groups -OCH3 is 1. The normalized spacial score (nSPS) is 11.6. The molecule has 0 fully saturated rings. The summed E-state index contributed by atoms with van der Waals surface area (Å²) in [6.07, 6.45) is 0.763. The highest BCUT2D eigenvalue weighted by molar-refractivity contribution is 6.30. The molecule has 0 atom stereocenters. The Morgan fingerprint density at radius 3 is 2.53 bits per heavy atom. The molecule has 1 rings (SSSR count). The maximum Gasteiger partial charge on any atom is 0.137 e. The highest BCUT2D eigenvalue weighted by Crippen LogP contribution is 2.23. The summed E-state index contributed by atoms with van der Waals surface area (Å²) in [7, 11) is 1.68. The van der Waals surface area contributed by atoms with Crippen LogP contribution in [-0.2, 0) is 11.2 Å². The molecular formula is C12H20ClN3O. The van der Waals surface area contributed by atoms with Gasteiger partial charge in [0.25, 0.3) is 0 Å². The summed E-state index contributed by atoms with van der Waals surface area (Å²) in [6.45, 7) is 8.61. The second kappa shape index (κ2) is 5.65. The zero-order valence-electron chi connectivity index (χ0n) is 11.1. The standard InChI is InChI=1S/C12H20ClN3O/c1-6-9-14-10(13)8(2)11(15-9)16-12(3,4)7-17-5/h6-7H2,1-5H3,(H,14,15,16). The fourth-order valence-corrected chi connectivity index (χ4v) is 1.72. The summed E-state index contributed by atoms with van der Waals surface area (Å²) in [5, 5.41) is 3.85. The number of halogens is 1. The van der Waals surface area contributed by atoms with E-state index < -0.39 is 0 Å². The van der Waals surface area contributed by atoms with Crippen molar-refractivity contribution in [3.63, 3.8) is 0 Å². The number of hydrogen-bond acceptors (Lipinski definition) is 4. The first-order valence-corrected chi connectivity index (χ1v) is 6.07. The third-order valence-corrected chi connectivity index (χ3v) is 2.78. The number of aromatic nitrogens is 2. The molecule has 0 spiro atoms. The topological polar surface area (TPSA) is 47.0 Å². The highest BCUT2D eigenvalue weighted by Gasteiger charge is 2.20. The summed E-state index contributed by atoms with van der Waals surface area (Å²) in [4.78, 5) is 8.67. The van der Waals surface area contributed by atoms with Gasteiger partial charge in [0.05, 0.1) is 12.1 Å². The molecule has 0 aliphatic rings. The lowest BCUT2D eigenvalue weighted by Crippen LogP contribution is -2.36. The van der Waals surface area contributed by atoms with E-state index in [0.717, 1.165) is 23.6 Å². The van der Waals surface area contributed by atoms with E-state index in [0.29, 0.717) is 11.8 Å². The lowest BCUT2D eigenvalue weighted by Gasteiger charge is -2.27. The minimum absolute atomic E-state index is 0.192. The van der Waals surface area contributed by atoms with Crippen molar-refractivity contribution >= 4 is 17.4 Å². The average molecular weight is 258 g/mol. The molecule has 0 radical (unpaired) electrons. The molecule has 0 aromatic carbocycles. The summed E-state index contributed by atoms with van der Waals surface area (Å²) in [5.74, 6) is 1.53. The number of anilines is 1. The van der Waals surface area contributed by atoms with Crippen molar-refractivity contribution in [2.24, 2.45) is 0 Å². The quantitative estimate of drug-likeness (QED) is 0.824. The maximum absolute atomic E-state index is 6.08. The number of hydrogen-bond donors (Lipinski definition) is 1. The second-order valence-corrected chi connectivity index (χ2v) is 5.06. The van der Waals surface area contributed by atoms with Gasteiger partial charge in [0, 0.05) is 19.1 Å². The molecule has 0 aliphatic carbocycles. The Balaban J connectivity index is 3.01. The molecule has 1 heterocycles. The van der Waals surface area contributed by atoms with E-state index in [1.165, 1.54) is 0 Å². The summed E-state index contributed by atoms with van der Waals surface area (Å²) in [6, 6.07) is 0. The van der Waals surface area contributed by atoms with Crippen LogP contribution in [0.25, 0.3) is 0 Å². The summed E-state index contributed by atoms with van der Waals surface area (Å²) >= 11 is 6.08. The van der Waals surface area contributed by atoms with Crippen LogP contribution in [0.5, 0.6) is 0 Å². The summed E-state index contributed by atoms with van der Waals surface area (Å²) in [5.41, 5.74) is 0.676. The zero-order valence-corrected chi connectivity index (χ0v) is 11.9. The fraction of sp³-hybridized carbons (Fsp3) is 0.667. The van der Waals surface area contributed by atoms with E-state index in [1.807, 2.05) is 13.8 Å². The number of nitrogens with zero attached hydrogens (tertiary/aromatic N) is 2. The van der Waals surface area contributed by atoms with Gasteiger partial charge >= 0.3 is 0 Å². The van der Waals surface area contributed by atoms with Gasteiger partial charge in [-0.3, -0.25) is 0 Å². The lowest BCUT2D eigenvalue weighted by atomic mass is 10.1. The van der Waals surface area contributed by atoms with Crippen LogP contribution in [0.2, 0.25) is 5.15 Å². The van der Waals surface area contributed by atoms with Gasteiger partial charge in [-0.2, -0.15) is 0 Å². The van der Waals surface area contributed by atoms with Gasteiger partial charge in [0.1, 0.15) is 16.8 Å². The Labute approximate surface area is 108 Å². The molecule has 96 valence electrons. The molecular weight excluding hydrogens is 238 g/mol. The van der Waals surface area contributed by atoms with Crippen molar-refractivity contribution in [1.82, 2.24) is 9.97 Å². The fourth-order valence-electron chi connectivity index (χ4n) is 1.53. The van der Waals surface area contributed by atoms with Crippen LogP contribution < -0.4 is 5.32 Å². The average Bonchev–Trinajstić information content (AvgIpc) is 2.23. The van der Waals surface area contributed by atoms with Gasteiger partial charge in [-0.1, -0.05) is 18.5 Å². The molecule has 1 aromatic rings. The van der Waals surface area contributed by atoms with E-state index in [9.17, 15) is 0 Å². The Morgan fingerprint density at radius 2 is 2.00 bits per heavy atom. The van der Waals surface area contributed by atoms with Crippen molar-refractivity contribution in [2.75, 3.05) is 19.0 Å². The van der Waals surface area contributed by atoms with Crippen LogP contribution in [-0.4, -0.2) is 29.2 Å². The Morgan fingerprint density at radius 1 is 1.35 bits per heavy atom. The van der Waals surface area contributed by atoms with Crippen molar-refractivity contribution in [3.05, 3.63) is 16.5 Å². The Hall–Kier alpha value is -0.870. The molecule has 0 saturated carbocycles. The van der Waals surface area contributed by atoms with Gasteiger partial charge in [-0.05, 0) is 20.8 Å². The molecule has 4 nitrogen and oxygen atoms in total. The number of nitrogens with one attached hydrogen (secondary N) is 1. The molecule has 0 unspecified atom stereocenters. The van der Waals surface area contributed by atoms with E-state index in [2.05, 4.69) is 29.1 Å². The smallest absolute Gasteiger partial charge is 0.137 e. The van der Waals surface area contributed by atoms with Crippen molar-refractivity contribution in [1.29, 1.82) is 0 Å². The van der Waals surface area contributed by atoms with Gasteiger partial charge in [-0.15, -0.1) is 0 Å². The molecule has 0 saturated heterocycles. The first-order chi connectivity index (χ1) is 7.89. The van der Waals surface area contributed by atoms with Crippen LogP contribution in [0.1, 0.15) is 32.2 Å². The number of aryl methyl sites for hydroxylation is 1. The zero-order chi connectivity index (χ0) is 13.1. The molecule has 1 N–H and O–H groups in total. The maximum atomic E-state index is 6.08. The minimum Gasteiger partial charge on any atom is -0.382 e. The monoisotopic (exact) mass is 257 g/mol. The number of ether oxygens (including phenoxy) is 1. The Kier molecular flexibility index (Phi) is 4.71. The summed E-state index contributed by atoms with van der Waals surface area (Å²) < 4.78 is 5.17. The van der Waals surface area contributed by atoms with Crippen LogP contribution >= 0.6 is 11.6 Å². The Bertz CT molecular complexity index is 394. The van der Waals surface area contributed by atoms with E-state index in [1.54, 1.807) is 7.11 Å². The highest BCUT2D eigenvalue weighted by atomic mass is 35.5. The van der Waals surface area contributed by atoms with Gasteiger partial charge in [0.2, 0.25) is 0 Å². The van der Waals surface area contributed by atoms with Crippen LogP contribution in [0, 0.1) is 6.92 Å². The molecule has 0 bridgehead atoms. The van der Waals surface area contributed by atoms with Crippen molar-refractivity contribution in [2.45, 2.75) is 39.7 Å². The van der Waals surface area contributed by atoms with Gasteiger partial charge in [-0.25, -0.2) is 9.97 Å². The molecule has 1 aromatic heterocycles. The van der Waals surface area contributed by atoms with E-state index in [4.69, 9.17) is 16.3 Å². The van der Waals surface area contributed by atoms with E-state index in [-0.39, 0.29) is 5.54 Å². The largest absolute Gasteiger partial charge is 0.382 e. The molecule has 0 amide bonds. The van der Waals surface area contributed by atoms with Crippen LogP contribution in [0.4, 0.5) is 5.82 Å². The van der Waals surface area contributed by atoms with Crippen molar-refractivity contribution in [3.8, 4) is 0 Å². The lowest BCUT2D eigenvalue weighted by molar-refractivity contribution is 0.158. The van der Waals surface area contributed by atoms with Crippen molar-refractivity contribution < 1.29 is 4.74 Å². The minimum atomic E-state index is -0.192. The second-order valence-electron chi connectivity index (χ2n) is 4.70. The van der Waals surface area contributed by atoms with Crippen LogP contribution in [0.15, 0.2) is 0 Å². The van der Waals surface area contributed by atoms with Crippen LogP contribution in [0.3, 0.4) is 0 Å². The SMILES string of the molecule is CCc1nc(Cl)c(C)c(NC(C)(C)COC)n1. The van der Waals surface area contributed by atoms with Gasteiger partial charge < -0.3 is 10.1 Å².